The smallest absolute Gasteiger partial charge is 0.250 e. The molecule has 0 spiro atoms. The maximum Gasteiger partial charge on any atom is 0.250 e. The summed E-state index contributed by atoms with van der Waals surface area (Å²) in [6, 6.07) is -0.186. The second-order valence-electron chi connectivity index (χ2n) is 5.41. The monoisotopic (exact) mass is 222 g/mol. The summed E-state index contributed by atoms with van der Waals surface area (Å²) in [4.78, 5) is 16.3. The molecule has 1 N–H and O–H groups in total. The maximum atomic E-state index is 11.7. The minimum absolute atomic E-state index is 0.0628. The van der Waals surface area contributed by atoms with Crippen molar-refractivity contribution in [3.8, 4) is 0 Å². The largest absolute Gasteiger partial charge is 0.374 e. The standard InChI is InChI=1S/C12H18N2O2/c1-6(2)10-12(15)14-11(13-10)8-5-7-3-4-9(8)16-7/h6-10H,3-5H2,1-2H3,(H,13,14,15). The van der Waals surface area contributed by atoms with Gasteiger partial charge >= 0.3 is 0 Å². The van der Waals surface area contributed by atoms with Gasteiger partial charge in [-0.3, -0.25) is 9.79 Å². The van der Waals surface area contributed by atoms with Gasteiger partial charge in [0.05, 0.1) is 12.2 Å². The van der Waals surface area contributed by atoms with Gasteiger partial charge in [-0.2, -0.15) is 0 Å². The molecule has 88 valence electrons. The summed E-state index contributed by atoms with van der Waals surface area (Å²) in [5.74, 6) is 1.56. The fraction of sp³-hybridized carbons (Fsp3) is 0.833. The second-order valence-corrected chi connectivity index (χ2v) is 5.41. The van der Waals surface area contributed by atoms with Crippen LogP contribution in [0.4, 0.5) is 0 Å². The van der Waals surface area contributed by atoms with Crippen molar-refractivity contribution in [1.82, 2.24) is 5.32 Å². The highest BCUT2D eigenvalue weighted by atomic mass is 16.5. The van der Waals surface area contributed by atoms with E-state index in [1.807, 2.05) is 13.8 Å². The zero-order valence-electron chi connectivity index (χ0n) is 9.77. The first-order valence-corrected chi connectivity index (χ1v) is 6.19. The summed E-state index contributed by atoms with van der Waals surface area (Å²) in [6.07, 6.45) is 4.05. The predicted molar refractivity (Wildman–Crippen MR) is 60.2 cm³/mol. The Balaban J connectivity index is 1.77. The van der Waals surface area contributed by atoms with Gasteiger partial charge in [-0.25, -0.2) is 0 Å². The molecule has 2 saturated heterocycles. The van der Waals surface area contributed by atoms with Crippen molar-refractivity contribution in [3.05, 3.63) is 0 Å². The number of carbonyl (C=O) groups is 1. The minimum Gasteiger partial charge on any atom is -0.374 e. The van der Waals surface area contributed by atoms with Crippen molar-refractivity contribution >= 4 is 11.7 Å². The average Bonchev–Trinajstić information content (AvgIpc) is 2.89. The quantitative estimate of drug-likeness (QED) is 0.760. The molecule has 3 aliphatic rings. The van der Waals surface area contributed by atoms with Gasteiger partial charge in [-0.15, -0.1) is 0 Å². The van der Waals surface area contributed by atoms with Crippen molar-refractivity contribution in [2.24, 2.45) is 16.8 Å². The Hall–Kier alpha value is -0.900. The van der Waals surface area contributed by atoms with Gasteiger partial charge in [0.1, 0.15) is 11.9 Å². The Kier molecular flexibility index (Phi) is 2.28. The molecular weight excluding hydrogens is 204 g/mol. The molecule has 0 aliphatic carbocycles. The number of amidine groups is 1. The van der Waals surface area contributed by atoms with Gasteiger partial charge in [0, 0.05) is 5.92 Å². The predicted octanol–water partition coefficient (Wildman–Crippen LogP) is 1.11. The third kappa shape index (κ3) is 1.47. The van der Waals surface area contributed by atoms with E-state index in [-0.39, 0.29) is 17.9 Å². The van der Waals surface area contributed by atoms with Gasteiger partial charge in [-0.1, -0.05) is 13.8 Å². The third-order valence-corrected chi connectivity index (χ3v) is 3.89. The van der Waals surface area contributed by atoms with Crippen LogP contribution in [0.2, 0.25) is 0 Å². The first-order valence-electron chi connectivity index (χ1n) is 6.19. The van der Waals surface area contributed by atoms with Gasteiger partial charge in [0.25, 0.3) is 0 Å². The first kappa shape index (κ1) is 10.3. The summed E-state index contributed by atoms with van der Waals surface area (Å²) in [6.45, 7) is 4.07. The van der Waals surface area contributed by atoms with Crippen LogP contribution in [0.1, 0.15) is 33.1 Å². The molecule has 4 nitrogen and oxygen atoms in total. The van der Waals surface area contributed by atoms with Gasteiger partial charge < -0.3 is 10.1 Å². The minimum atomic E-state index is -0.186. The van der Waals surface area contributed by atoms with Crippen LogP contribution in [0, 0.1) is 11.8 Å². The SMILES string of the molecule is CC(C)C1N=C(C2CC3CCC2O3)NC1=O. The van der Waals surface area contributed by atoms with E-state index in [4.69, 9.17) is 4.74 Å². The first-order chi connectivity index (χ1) is 7.65. The molecule has 3 heterocycles. The van der Waals surface area contributed by atoms with Crippen molar-refractivity contribution in [2.75, 3.05) is 0 Å². The molecule has 4 unspecified atom stereocenters. The average molecular weight is 222 g/mol. The van der Waals surface area contributed by atoms with Crippen LogP contribution in [0.15, 0.2) is 4.99 Å². The van der Waals surface area contributed by atoms with Crippen molar-refractivity contribution in [1.29, 1.82) is 0 Å². The Morgan fingerprint density at radius 2 is 2.25 bits per heavy atom. The lowest BCUT2D eigenvalue weighted by molar-refractivity contribution is -0.120. The summed E-state index contributed by atoms with van der Waals surface area (Å²) < 4.78 is 5.80. The highest BCUT2D eigenvalue weighted by Crippen LogP contribution is 2.39. The maximum absolute atomic E-state index is 11.7. The molecule has 2 fully saturated rings. The van der Waals surface area contributed by atoms with E-state index in [1.54, 1.807) is 0 Å². The van der Waals surface area contributed by atoms with E-state index in [1.165, 1.54) is 6.42 Å². The number of hydrogen-bond acceptors (Lipinski definition) is 3. The molecule has 4 atom stereocenters. The molecule has 0 aromatic rings. The number of carbonyl (C=O) groups excluding carboxylic acids is 1. The molecule has 4 heteroatoms. The lowest BCUT2D eigenvalue weighted by Gasteiger charge is -2.17. The van der Waals surface area contributed by atoms with E-state index in [0.29, 0.717) is 18.1 Å². The fourth-order valence-corrected chi connectivity index (χ4v) is 3.01. The number of aliphatic imine (C=N–C) groups is 1. The van der Waals surface area contributed by atoms with Crippen LogP contribution in [0.5, 0.6) is 0 Å². The van der Waals surface area contributed by atoms with E-state index in [9.17, 15) is 4.79 Å². The van der Waals surface area contributed by atoms with E-state index in [2.05, 4.69) is 10.3 Å². The van der Waals surface area contributed by atoms with E-state index in [0.717, 1.165) is 18.7 Å². The highest BCUT2D eigenvalue weighted by molar-refractivity contribution is 6.07. The number of ether oxygens (including phenoxy) is 1. The molecule has 2 bridgehead atoms. The Morgan fingerprint density at radius 3 is 2.75 bits per heavy atom. The highest BCUT2D eigenvalue weighted by Gasteiger charge is 2.45. The second kappa shape index (κ2) is 3.55. The zero-order chi connectivity index (χ0) is 11.3. The van der Waals surface area contributed by atoms with Gasteiger partial charge in [0.15, 0.2) is 0 Å². The van der Waals surface area contributed by atoms with E-state index < -0.39 is 0 Å². The summed E-state index contributed by atoms with van der Waals surface area (Å²) >= 11 is 0. The number of fused-ring (bicyclic) bond motifs is 2. The normalized spacial score (nSPS) is 41.7. The van der Waals surface area contributed by atoms with Crippen LogP contribution in [0.25, 0.3) is 0 Å². The van der Waals surface area contributed by atoms with Crippen molar-refractivity contribution in [2.45, 2.75) is 51.4 Å². The summed E-state index contributed by atoms with van der Waals surface area (Å²) in [5, 5.41) is 2.94. The molecule has 0 saturated carbocycles. The van der Waals surface area contributed by atoms with Crippen LogP contribution in [-0.4, -0.2) is 30.0 Å². The van der Waals surface area contributed by atoms with Crippen LogP contribution < -0.4 is 5.32 Å². The Morgan fingerprint density at radius 1 is 1.44 bits per heavy atom. The summed E-state index contributed by atoms with van der Waals surface area (Å²) in [7, 11) is 0. The lowest BCUT2D eigenvalue weighted by Crippen LogP contribution is -2.37. The number of hydrogen-bond donors (Lipinski definition) is 1. The molecule has 1 amide bonds. The van der Waals surface area contributed by atoms with Crippen molar-refractivity contribution in [3.63, 3.8) is 0 Å². The molecule has 16 heavy (non-hydrogen) atoms. The number of rotatable bonds is 2. The van der Waals surface area contributed by atoms with Gasteiger partial charge in [0.2, 0.25) is 5.91 Å². The molecule has 3 aliphatic heterocycles. The van der Waals surface area contributed by atoms with Crippen LogP contribution in [-0.2, 0) is 9.53 Å². The third-order valence-electron chi connectivity index (χ3n) is 3.89. The topological polar surface area (TPSA) is 50.7 Å². The molecule has 3 rings (SSSR count). The van der Waals surface area contributed by atoms with E-state index >= 15 is 0 Å². The Labute approximate surface area is 95.5 Å². The molecular formula is C12H18N2O2. The molecule has 0 aromatic carbocycles. The Bertz CT molecular complexity index is 351. The summed E-state index contributed by atoms with van der Waals surface area (Å²) in [5.41, 5.74) is 0. The number of nitrogens with one attached hydrogen (secondary N) is 1. The fourth-order valence-electron chi connectivity index (χ4n) is 3.01. The molecule has 0 aromatic heterocycles. The van der Waals surface area contributed by atoms with Crippen LogP contribution in [0.3, 0.4) is 0 Å². The number of amides is 1. The van der Waals surface area contributed by atoms with Crippen molar-refractivity contribution < 1.29 is 9.53 Å². The molecule has 0 radical (unpaired) electrons. The van der Waals surface area contributed by atoms with Gasteiger partial charge in [-0.05, 0) is 25.2 Å². The lowest BCUT2D eigenvalue weighted by atomic mass is 9.88. The van der Waals surface area contributed by atoms with Crippen LogP contribution >= 0.6 is 0 Å². The zero-order valence-corrected chi connectivity index (χ0v) is 9.77. The number of nitrogens with zero attached hydrogens (tertiary/aromatic N) is 1.